The molecule has 6 rings (SSSR count). The molecule has 0 spiro atoms. The van der Waals surface area contributed by atoms with E-state index in [0.717, 1.165) is 52.4 Å². The van der Waals surface area contributed by atoms with Crippen LogP contribution in [0.5, 0.6) is 0 Å². The molecule has 1 aliphatic heterocycles. The second-order valence-electron chi connectivity index (χ2n) is 9.46. The lowest BCUT2D eigenvalue weighted by atomic mass is 10.0. The molecule has 0 saturated carbocycles. The van der Waals surface area contributed by atoms with E-state index in [9.17, 15) is 9.59 Å². The first-order valence-electron chi connectivity index (χ1n) is 12.7. The molecule has 12 heteroatoms. The number of nitrogens with zero attached hydrogens (tertiary/aromatic N) is 6. The Balaban J connectivity index is 1.25. The van der Waals surface area contributed by atoms with Gasteiger partial charge >= 0.3 is 0 Å². The Kier molecular flexibility index (Phi) is 6.97. The number of hydrogen-bond acceptors (Lipinski definition) is 7. The normalized spacial score (nSPS) is 14.3. The highest BCUT2D eigenvalue weighted by molar-refractivity contribution is 6.31. The number of halogens is 1. The minimum absolute atomic E-state index is 0.103. The van der Waals surface area contributed by atoms with Crippen LogP contribution >= 0.6 is 11.6 Å². The Morgan fingerprint density at radius 1 is 1.15 bits per heavy atom. The van der Waals surface area contributed by atoms with Gasteiger partial charge in [-0.3, -0.25) is 9.59 Å². The SMILES string of the molecule is COCCC(=O)Nc1ccc(-c2cnc(C3CCc4cc(-c5cc(Cl)ccc5-n5cnnn5)cc(=O)n43)[nH]2)cc1. The van der Waals surface area contributed by atoms with Crippen molar-refractivity contribution in [1.82, 2.24) is 34.7 Å². The fourth-order valence-electron chi connectivity index (χ4n) is 5.02. The summed E-state index contributed by atoms with van der Waals surface area (Å²) in [4.78, 5) is 33.4. The van der Waals surface area contributed by atoms with Crippen molar-refractivity contribution in [3.05, 3.63) is 94.0 Å². The zero-order valence-corrected chi connectivity index (χ0v) is 22.3. The molecule has 2 aromatic carbocycles. The van der Waals surface area contributed by atoms with Gasteiger partial charge in [0.25, 0.3) is 5.56 Å². The van der Waals surface area contributed by atoms with Gasteiger partial charge in [0.05, 0.1) is 36.6 Å². The summed E-state index contributed by atoms with van der Waals surface area (Å²) in [6, 6.07) is 16.3. The van der Waals surface area contributed by atoms with E-state index in [1.165, 1.54) is 6.33 Å². The number of carbonyl (C=O) groups is 1. The number of methoxy groups -OCH3 is 1. The van der Waals surface area contributed by atoms with Crippen LogP contribution in [0.2, 0.25) is 5.02 Å². The van der Waals surface area contributed by atoms with Crippen molar-refractivity contribution in [2.45, 2.75) is 25.3 Å². The van der Waals surface area contributed by atoms with Gasteiger partial charge in [0.15, 0.2) is 0 Å². The fraction of sp³-hybridized carbons (Fsp3) is 0.214. The third-order valence-corrected chi connectivity index (χ3v) is 7.16. The first kappa shape index (κ1) is 25.7. The minimum Gasteiger partial charge on any atom is -0.384 e. The van der Waals surface area contributed by atoms with E-state index in [2.05, 4.69) is 30.8 Å². The van der Waals surface area contributed by atoms with Gasteiger partial charge in [0, 0.05) is 35.1 Å². The summed E-state index contributed by atoms with van der Waals surface area (Å²) >= 11 is 6.31. The number of aromatic amines is 1. The molecule has 1 amide bonds. The van der Waals surface area contributed by atoms with Crippen LogP contribution in [0.15, 0.2) is 71.9 Å². The summed E-state index contributed by atoms with van der Waals surface area (Å²) < 4.78 is 8.29. The molecule has 0 fully saturated rings. The monoisotopic (exact) mass is 556 g/mol. The Labute approximate surface area is 233 Å². The number of carbonyl (C=O) groups excluding carboxylic acids is 1. The number of imidazole rings is 1. The molecule has 1 aliphatic rings. The van der Waals surface area contributed by atoms with Gasteiger partial charge in [0.2, 0.25) is 5.91 Å². The lowest BCUT2D eigenvalue weighted by Crippen LogP contribution is -2.23. The maximum absolute atomic E-state index is 13.4. The lowest BCUT2D eigenvalue weighted by Gasteiger charge is -2.15. The summed E-state index contributed by atoms with van der Waals surface area (Å²) in [5.74, 6) is 0.617. The number of anilines is 1. The van der Waals surface area contributed by atoms with Crippen LogP contribution in [0.1, 0.15) is 30.4 Å². The van der Waals surface area contributed by atoms with Gasteiger partial charge in [-0.05, 0) is 70.8 Å². The number of pyridine rings is 1. The predicted octanol–water partition coefficient (Wildman–Crippen LogP) is 4.05. The average Bonchev–Trinajstić information content (AvgIpc) is 3.73. The topological polar surface area (TPSA) is 133 Å². The van der Waals surface area contributed by atoms with Gasteiger partial charge in [-0.25, -0.2) is 4.98 Å². The van der Waals surface area contributed by atoms with E-state index < -0.39 is 0 Å². The number of H-pyrrole nitrogens is 1. The zero-order valence-electron chi connectivity index (χ0n) is 21.5. The van der Waals surface area contributed by atoms with Crippen LogP contribution in [0.4, 0.5) is 5.69 Å². The highest BCUT2D eigenvalue weighted by Gasteiger charge is 2.28. The van der Waals surface area contributed by atoms with Crippen LogP contribution in [0, 0.1) is 0 Å². The van der Waals surface area contributed by atoms with E-state index in [1.54, 1.807) is 34.7 Å². The molecule has 202 valence electrons. The van der Waals surface area contributed by atoms with Crippen LogP contribution in [-0.4, -0.2) is 54.4 Å². The first-order valence-corrected chi connectivity index (χ1v) is 13.1. The van der Waals surface area contributed by atoms with Crippen LogP contribution in [0.3, 0.4) is 0 Å². The third kappa shape index (κ3) is 5.04. The van der Waals surface area contributed by atoms with E-state index in [0.29, 0.717) is 23.7 Å². The summed E-state index contributed by atoms with van der Waals surface area (Å²) in [5.41, 5.74) is 5.50. The van der Waals surface area contributed by atoms with Gasteiger partial charge < -0.3 is 19.6 Å². The number of ether oxygens (including phenoxy) is 1. The molecule has 4 heterocycles. The molecule has 11 nitrogen and oxygen atoms in total. The molecule has 40 heavy (non-hydrogen) atoms. The molecule has 0 saturated heterocycles. The number of rotatable bonds is 8. The second-order valence-corrected chi connectivity index (χ2v) is 9.90. The molecule has 0 radical (unpaired) electrons. The van der Waals surface area contributed by atoms with E-state index in [4.69, 9.17) is 16.3 Å². The molecule has 3 aromatic heterocycles. The number of amides is 1. The van der Waals surface area contributed by atoms with Crippen molar-refractivity contribution >= 4 is 23.2 Å². The van der Waals surface area contributed by atoms with Crippen LogP contribution in [-0.2, 0) is 16.0 Å². The standard InChI is InChI=1S/C28H25ClN8O3/c1-40-11-10-26(38)32-20-5-2-17(3-6-20)23-15-30-28(33-23)25-9-7-21-12-18(13-27(39)37(21)25)22-14-19(29)4-8-24(22)36-16-31-34-35-36/h2-6,8,12-16,25H,7,9-11H2,1H3,(H,30,33)(H,32,38). The van der Waals surface area contributed by atoms with Crippen LogP contribution in [0.25, 0.3) is 28.1 Å². The third-order valence-electron chi connectivity index (χ3n) is 6.92. The molecule has 2 N–H and O–H groups in total. The average molecular weight is 557 g/mol. The van der Waals surface area contributed by atoms with Crippen molar-refractivity contribution in [2.24, 2.45) is 0 Å². The zero-order chi connectivity index (χ0) is 27.6. The molecular formula is C28H25ClN8O3. The van der Waals surface area contributed by atoms with Gasteiger partial charge in [-0.1, -0.05) is 23.7 Å². The largest absolute Gasteiger partial charge is 0.384 e. The number of fused-ring (bicyclic) bond motifs is 1. The minimum atomic E-state index is -0.206. The number of benzene rings is 2. The Morgan fingerprint density at radius 2 is 2.00 bits per heavy atom. The first-order chi connectivity index (χ1) is 19.5. The highest BCUT2D eigenvalue weighted by atomic mass is 35.5. The quantitative estimate of drug-likeness (QED) is 0.294. The molecule has 0 bridgehead atoms. The maximum atomic E-state index is 13.4. The van der Waals surface area contributed by atoms with Crippen molar-refractivity contribution in [1.29, 1.82) is 0 Å². The maximum Gasteiger partial charge on any atom is 0.252 e. The van der Waals surface area contributed by atoms with Gasteiger partial charge in [-0.15, -0.1) is 5.10 Å². The number of nitrogens with one attached hydrogen (secondary N) is 2. The fourth-order valence-corrected chi connectivity index (χ4v) is 5.20. The Hall–Kier alpha value is -4.61. The summed E-state index contributed by atoms with van der Waals surface area (Å²) in [6.07, 6.45) is 5.04. The second kappa shape index (κ2) is 10.9. The predicted molar refractivity (Wildman–Crippen MR) is 149 cm³/mol. The molecule has 1 unspecified atom stereocenters. The van der Waals surface area contributed by atoms with Crippen molar-refractivity contribution in [2.75, 3.05) is 19.0 Å². The Bertz CT molecular complexity index is 1730. The molecule has 1 atom stereocenters. The number of hydrogen-bond donors (Lipinski definition) is 2. The molecule has 0 aliphatic carbocycles. The number of tetrazole rings is 1. The van der Waals surface area contributed by atoms with Gasteiger partial charge in [0.1, 0.15) is 12.2 Å². The smallest absolute Gasteiger partial charge is 0.252 e. The number of aromatic nitrogens is 7. The lowest BCUT2D eigenvalue weighted by molar-refractivity contribution is -0.117. The Morgan fingerprint density at radius 3 is 2.77 bits per heavy atom. The number of aryl methyl sites for hydroxylation is 1. The van der Waals surface area contributed by atoms with E-state index in [-0.39, 0.29) is 17.5 Å². The summed E-state index contributed by atoms with van der Waals surface area (Å²) in [7, 11) is 1.56. The molecular weight excluding hydrogens is 532 g/mol. The van der Waals surface area contributed by atoms with Crippen molar-refractivity contribution in [3.8, 4) is 28.1 Å². The van der Waals surface area contributed by atoms with Crippen molar-refractivity contribution in [3.63, 3.8) is 0 Å². The van der Waals surface area contributed by atoms with Crippen LogP contribution < -0.4 is 10.9 Å². The van der Waals surface area contributed by atoms with Gasteiger partial charge in [-0.2, -0.15) is 4.68 Å². The summed E-state index contributed by atoms with van der Waals surface area (Å²) in [5, 5.41) is 14.9. The van der Waals surface area contributed by atoms with E-state index in [1.807, 2.05) is 42.5 Å². The van der Waals surface area contributed by atoms with E-state index >= 15 is 0 Å². The summed E-state index contributed by atoms with van der Waals surface area (Å²) in [6.45, 7) is 0.373. The molecule has 5 aromatic rings. The van der Waals surface area contributed by atoms with Crippen molar-refractivity contribution < 1.29 is 9.53 Å². The highest BCUT2D eigenvalue weighted by Crippen LogP contribution is 2.34.